The molecule has 0 aliphatic rings. The van der Waals surface area contributed by atoms with E-state index < -0.39 is 0 Å². The maximum absolute atomic E-state index is 2.32. The van der Waals surface area contributed by atoms with Crippen LogP contribution in [0.5, 0.6) is 0 Å². The lowest BCUT2D eigenvalue weighted by molar-refractivity contribution is 1.11. The minimum Gasteiger partial charge on any atom is -0.269 e. The molecule has 0 aromatic carbocycles. The molecule has 0 spiro atoms. The quantitative estimate of drug-likeness (QED) is 0.423. The molecule has 4 heteroatoms. The fourth-order valence-electron chi connectivity index (χ4n) is 0. The van der Waals surface area contributed by atoms with Crippen molar-refractivity contribution in [1.82, 2.24) is 0 Å². The van der Waals surface area contributed by atoms with Gasteiger partial charge in [0.05, 0.1) is 0 Å². The Balaban J connectivity index is 0. The van der Waals surface area contributed by atoms with E-state index in [0.717, 1.165) is -0.0619 Å². The standard InChI is InChI=1S/CHI3.FH/c2-1(3)4;/h1H;1H. The van der Waals surface area contributed by atoms with E-state index in [1.165, 1.54) is 0 Å². The van der Waals surface area contributed by atoms with Gasteiger partial charge in [0.1, 0.15) is -0.0619 Å². The van der Waals surface area contributed by atoms with Crippen molar-refractivity contribution in [3.8, 4) is 0 Å². The van der Waals surface area contributed by atoms with Crippen LogP contribution in [0.1, 0.15) is 0 Å². The first kappa shape index (κ1) is 10.2. The van der Waals surface area contributed by atoms with Crippen molar-refractivity contribution in [1.29, 1.82) is 0 Å². The Morgan fingerprint density at radius 2 is 1.00 bits per heavy atom. The van der Waals surface area contributed by atoms with Crippen molar-refractivity contribution >= 4 is 67.8 Å². The second kappa shape index (κ2) is 6.12. The van der Waals surface area contributed by atoms with Gasteiger partial charge in [-0.15, -0.1) is 0 Å². The molecule has 0 aromatic rings. The van der Waals surface area contributed by atoms with Gasteiger partial charge in [-0.05, 0) is 0 Å². The van der Waals surface area contributed by atoms with Crippen LogP contribution in [0.4, 0.5) is 4.70 Å². The molecule has 0 saturated heterocycles. The van der Waals surface area contributed by atoms with Gasteiger partial charge in [0.15, 0.2) is 0 Å². The summed E-state index contributed by atoms with van der Waals surface area (Å²) in [6.45, 7) is 0. The zero-order chi connectivity index (χ0) is 3.58. The molecule has 34 valence electrons. The molecular formula is CH2FI3. The highest BCUT2D eigenvalue weighted by molar-refractivity contribution is 14.3. The van der Waals surface area contributed by atoms with Crippen LogP contribution in [-0.2, 0) is 0 Å². The van der Waals surface area contributed by atoms with Gasteiger partial charge in [-0.2, -0.15) is 0 Å². The lowest BCUT2D eigenvalue weighted by Gasteiger charge is -1.71. The monoisotopic (exact) mass is 414 g/mol. The summed E-state index contributed by atoms with van der Waals surface area (Å²) in [5, 5.41) is 0. The maximum atomic E-state index is 2.32. The summed E-state index contributed by atoms with van der Waals surface area (Å²) in [4.78, 5) is 0. The Morgan fingerprint density at radius 3 is 1.00 bits per heavy atom. The molecule has 0 bridgehead atoms. The molecule has 5 heavy (non-hydrogen) atoms. The van der Waals surface area contributed by atoms with Gasteiger partial charge < -0.3 is 0 Å². The molecule has 0 atom stereocenters. The van der Waals surface area contributed by atoms with E-state index in [1.54, 1.807) is 0 Å². The smallest absolute Gasteiger partial charge is 0.114 e. The van der Waals surface area contributed by atoms with Crippen molar-refractivity contribution in [2.45, 2.75) is -0.0619 Å². The van der Waals surface area contributed by atoms with Gasteiger partial charge in [0.25, 0.3) is 0 Å². The van der Waals surface area contributed by atoms with Crippen molar-refractivity contribution < 1.29 is 4.70 Å². The predicted octanol–water partition coefficient (Wildman–Crippen LogP) is 2.73. The molecule has 0 saturated carbocycles. The van der Waals surface area contributed by atoms with Gasteiger partial charge in [-0.3, -0.25) is 4.70 Å². The summed E-state index contributed by atoms with van der Waals surface area (Å²) < 4.78 is 0.743. The first-order valence-corrected chi connectivity index (χ1v) is 4.39. The summed E-state index contributed by atoms with van der Waals surface area (Å²) in [6, 6.07) is 0. The fourth-order valence-corrected chi connectivity index (χ4v) is 0. The summed E-state index contributed by atoms with van der Waals surface area (Å²) in [5.74, 6) is 0. The molecule has 0 rings (SSSR count). The van der Waals surface area contributed by atoms with Gasteiger partial charge in [-0.25, -0.2) is 0 Å². The van der Waals surface area contributed by atoms with Gasteiger partial charge in [0, 0.05) is 0 Å². The second-order valence-corrected chi connectivity index (χ2v) is 11.1. The SMILES string of the molecule is F.IC(I)I. The predicted molar refractivity (Wildman–Crippen MR) is 48.4 cm³/mol. The van der Waals surface area contributed by atoms with E-state index in [4.69, 9.17) is 0 Å². The topological polar surface area (TPSA) is 0 Å². The molecule has 0 aliphatic carbocycles. The maximum Gasteiger partial charge on any atom is 0.114 e. The van der Waals surface area contributed by atoms with Crippen molar-refractivity contribution in [3.63, 3.8) is 0 Å². The van der Waals surface area contributed by atoms with Crippen molar-refractivity contribution in [2.24, 2.45) is 0 Å². The average Bonchev–Trinajstić information content (AvgIpc) is 0.811. The summed E-state index contributed by atoms with van der Waals surface area (Å²) in [5.41, 5.74) is 0. The Kier molecular flexibility index (Phi) is 12.5. The lowest BCUT2D eigenvalue weighted by atomic mass is 12.0. The molecule has 0 heterocycles. The second-order valence-electron chi connectivity index (χ2n) is 0.247. The van der Waals surface area contributed by atoms with E-state index in [2.05, 4.69) is 67.8 Å². The zero-order valence-corrected chi connectivity index (χ0v) is 8.59. The van der Waals surface area contributed by atoms with Crippen molar-refractivity contribution in [2.75, 3.05) is 0 Å². The van der Waals surface area contributed by atoms with E-state index in [9.17, 15) is 0 Å². The van der Waals surface area contributed by atoms with E-state index in [-0.39, 0.29) is 4.70 Å². The van der Waals surface area contributed by atoms with E-state index in [1.807, 2.05) is 0 Å². The molecule has 0 aromatic heterocycles. The molecule has 0 radical (unpaired) electrons. The largest absolute Gasteiger partial charge is 0.269 e. The number of hydrogen-bond donors (Lipinski definition) is 0. The highest BCUT2D eigenvalue weighted by Gasteiger charge is 1.76. The summed E-state index contributed by atoms with van der Waals surface area (Å²) in [7, 11) is 0. The highest BCUT2D eigenvalue weighted by atomic mass is 127. The molecule has 0 N–H and O–H groups in total. The lowest BCUT2D eigenvalue weighted by Crippen LogP contribution is -1.47. The number of hydrogen-bond acceptors (Lipinski definition) is 0. The third kappa shape index (κ3) is 23.1. The van der Waals surface area contributed by atoms with E-state index >= 15 is 0 Å². The van der Waals surface area contributed by atoms with Gasteiger partial charge in [-0.1, -0.05) is 67.8 Å². The molecule has 0 fully saturated rings. The highest BCUT2D eigenvalue weighted by Crippen LogP contribution is 2.16. The van der Waals surface area contributed by atoms with Crippen LogP contribution in [0, 0.1) is 0 Å². The fraction of sp³-hybridized carbons (Fsp3) is 1.00. The number of halogens is 4. The van der Waals surface area contributed by atoms with Crippen molar-refractivity contribution in [3.05, 3.63) is 0 Å². The Labute approximate surface area is 71.3 Å². The van der Waals surface area contributed by atoms with Crippen LogP contribution in [0.15, 0.2) is 0 Å². The third-order valence-corrected chi connectivity index (χ3v) is 0. The molecule has 0 amide bonds. The minimum atomic E-state index is 0. The average molecular weight is 414 g/mol. The summed E-state index contributed by atoms with van der Waals surface area (Å²) >= 11 is 6.95. The Hall–Kier alpha value is 2.12. The third-order valence-electron chi connectivity index (χ3n) is 0. The van der Waals surface area contributed by atoms with Crippen LogP contribution in [0.25, 0.3) is 0 Å². The van der Waals surface area contributed by atoms with Gasteiger partial charge >= 0.3 is 0 Å². The minimum absolute atomic E-state index is 0. The zero-order valence-electron chi connectivity index (χ0n) is 2.12. The van der Waals surface area contributed by atoms with E-state index in [0.29, 0.717) is 0 Å². The normalized spacial score (nSPS) is 7.20. The molecule has 0 aliphatic heterocycles. The molecular weight excluding hydrogens is 412 g/mol. The van der Waals surface area contributed by atoms with Crippen LogP contribution in [0.2, 0.25) is 0 Å². The van der Waals surface area contributed by atoms with Crippen LogP contribution in [0.3, 0.4) is 0 Å². The molecule has 0 unspecified atom stereocenters. The van der Waals surface area contributed by atoms with Gasteiger partial charge in [0.2, 0.25) is 0 Å². The Morgan fingerprint density at radius 1 is 1.00 bits per heavy atom. The van der Waals surface area contributed by atoms with Crippen LogP contribution in [-0.4, -0.2) is -0.0619 Å². The molecule has 0 nitrogen and oxygen atoms in total. The first-order valence-electron chi connectivity index (χ1n) is 0.655. The number of rotatable bonds is 0. The Bertz CT molecular complexity index is 11.6. The van der Waals surface area contributed by atoms with Crippen LogP contribution >= 0.6 is 67.8 Å². The van der Waals surface area contributed by atoms with Crippen LogP contribution < -0.4 is 0 Å². The first-order chi connectivity index (χ1) is 1.73. The summed E-state index contributed by atoms with van der Waals surface area (Å²) in [6.07, 6.45) is 0. The number of alkyl halides is 3.